The molecule has 0 amide bonds. The van der Waals surface area contributed by atoms with E-state index in [-0.39, 0.29) is 6.61 Å². The molecule has 4 nitrogen and oxygen atoms in total. The van der Waals surface area contributed by atoms with E-state index in [0.717, 1.165) is 6.42 Å². The molecule has 0 saturated heterocycles. The summed E-state index contributed by atoms with van der Waals surface area (Å²) in [5.74, 6) is 0. The van der Waals surface area contributed by atoms with Gasteiger partial charge >= 0.3 is 0 Å². The van der Waals surface area contributed by atoms with E-state index in [4.69, 9.17) is 5.11 Å². The second-order valence-corrected chi connectivity index (χ2v) is 5.09. The van der Waals surface area contributed by atoms with Crippen molar-refractivity contribution < 1.29 is 20.4 Å². The van der Waals surface area contributed by atoms with Crippen molar-refractivity contribution in [3.63, 3.8) is 0 Å². The minimum absolute atomic E-state index is 0.00740. The zero-order chi connectivity index (χ0) is 14.2. The molecule has 0 aliphatic heterocycles. The summed E-state index contributed by atoms with van der Waals surface area (Å²) in [6.45, 7) is 5.67. The Kier molecular flexibility index (Phi) is 8.78. The molecule has 4 N–H and O–H groups in total. The highest BCUT2D eigenvalue weighted by molar-refractivity contribution is 4.97. The maximum Gasteiger partial charge on any atom is 0.0646 e. The molecule has 0 radical (unpaired) electrons. The molecule has 0 aliphatic carbocycles. The molecule has 3 atom stereocenters. The third-order valence-corrected chi connectivity index (χ3v) is 3.96. The van der Waals surface area contributed by atoms with Gasteiger partial charge in [-0.05, 0) is 32.1 Å². The average Bonchev–Trinajstić information content (AvgIpc) is 2.38. The van der Waals surface area contributed by atoms with Crippen molar-refractivity contribution in [1.29, 1.82) is 0 Å². The summed E-state index contributed by atoms with van der Waals surface area (Å²) in [4.78, 5) is 0. The van der Waals surface area contributed by atoms with Crippen LogP contribution in [0, 0.1) is 5.41 Å². The van der Waals surface area contributed by atoms with Crippen LogP contribution in [-0.2, 0) is 0 Å². The highest BCUT2D eigenvalue weighted by atomic mass is 16.3. The molecule has 0 aliphatic rings. The lowest BCUT2D eigenvalue weighted by molar-refractivity contribution is -0.149. The average molecular weight is 262 g/mol. The fourth-order valence-corrected chi connectivity index (χ4v) is 2.85. The molecule has 0 aromatic heterocycles. The number of rotatable bonds is 10. The zero-order valence-corrected chi connectivity index (χ0v) is 12.0. The van der Waals surface area contributed by atoms with Crippen molar-refractivity contribution in [3.05, 3.63) is 0 Å². The number of aliphatic hydroxyl groups is 4. The molecule has 0 rings (SSSR count). The first-order chi connectivity index (χ1) is 8.50. The Morgan fingerprint density at radius 3 is 1.72 bits per heavy atom. The quantitative estimate of drug-likeness (QED) is 0.480. The molecule has 0 saturated carbocycles. The van der Waals surface area contributed by atoms with Gasteiger partial charge in [-0.1, -0.05) is 27.2 Å². The predicted molar refractivity (Wildman–Crippen MR) is 72.3 cm³/mol. The van der Waals surface area contributed by atoms with E-state index in [2.05, 4.69) is 0 Å². The Hall–Kier alpha value is -0.160. The summed E-state index contributed by atoms with van der Waals surface area (Å²) >= 11 is 0. The maximum absolute atomic E-state index is 10.4. The van der Waals surface area contributed by atoms with E-state index in [9.17, 15) is 15.3 Å². The van der Waals surface area contributed by atoms with Crippen molar-refractivity contribution in [2.24, 2.45) is 5.41 Å². The van der Waals surface area contributed by atoms with Crippen LogP contribution in [0.1, 0.15) is 59.3 Å². The van der Waals surface area contributed by atoms with Gasteiger partial charge in [0.15, 0.2) is 0 Å². The Labute approximate surface area is 111 Å². The SMILES string of the molecule is CCCC(O)C(CCCO)(C(O)CC)C(O)CC. The number of hydrogen-bond donors (Lipinski definition) is 4. The fourth-order valence-electron chi connectivity index (χ4n) is 2.85. The molecule has 18 heavy (non-hydrogen) atoms. The molecular formula is C14H30O4. The molecule has 110 valence electrons. The van der Waals surface area contributed by atoms with Crippen LogP contribution in [0.2, 0.25) is 0 Å². The normalized spacial score (nSPS) is 20.2. The Bertz CT molecular complexity index is 198. The van der Waals surface area contributed by atoms with E-state index >= 15 is 0 Å². The first kappa shape index (κ1) is 17.8. The van der Waals surface area contributed by atoms with Crippen LogP contribution in [-0.4, -0.2) is 45.3 Å². The zero-order valence-electron chi connectivity index (χ0n) is 12.0. The van der Waals surface area contributed by atoms with Crippen molar-refractivity contribution in [1.82, 2.24) is 0 Å². The predicted octanol–water partition coefficient (Wildman–Crippen LogP) is 1.45. The summed E-state index contributed by atoms with van der Waals surface area (Å²) in [6, 6.07) is 0. The number of hydrogen-bond acceptors (Lipinski definition) is 4. The van der Waals surface area contributed by atoms with Gasteiger partial charge in [0.2, 0.25) is 0 Å². The Morgan fingerprint density at radius 2 is 1.39 bits per heavy atom. The van der Waals surface area contributed by atoms with Crippen LogP contribution < -0.4 is 0 Å². The minimum Gasteiger partial charge on any atom is -0.396 e. The van der Waals surface area contributed by atoms with Crippen molar-refractivity contribution in [2.45, 2.75) is 77.6 Å². The number of aliphatic hydroxyl groups excluding tert-OH is 4. The first-order valence-electron chi connectivity index (χ1n) is 7.16. The molecule has 0 aromatic rings. The Balaban J connectivity index is 5.23. The monoisotopic (exact) mass is 262 g/mol. The third kappa shape index (κ3) is 3.92. The molecule has 3 unspecified atom stereocenters. The summed E-state index contributed by atoms with van der Waals surface area (Å²) in [6.07, 6.45) is 1.02. The summed E-state index contributed by atoms with van der Waals surface area (Å²) < 4.78 is 0. The van der Waals surface area contributed by atoms with Gasteiger partial charge in [-0.2, -0.15) is 0 Å². The first-order valence-corrected chi connectivity index (χ1v) is 7.16. The maximum atomic E-state index is 10.4. The van der Waals surface area contributed by atoms with Crippen LogP contribution in [0.3, 0.4) is 0 Å². The van der Waals surface area contributed by atoms with Gasteiger partial charge in [-0.15, -0.1) is 0 Å². The highest BCUT2D eigenvalue weighted by Gasteiger charge is 2.47. The lowest BCUT2D eigenvalue weighted by atomic mass is 9.66. The summed E-state index contributed by atoms with van der Waals surface area (Å²) in [5, 5.41) is 40.0. The van der Waals surface area contributed by atoms with E-state index < -0.39 is 23.7 Å². The van der Waals surface area contributed by atoms with E-state index in [1.165, 1.54) is 0 Å². The van der Waals surface area contributed by atoms with Crippen LogP contribution in [0.5, 0.6) is 0 Å². The molecule has 0 spiro atoms. The minimum atomic E-state index is -0.914. The largest absolute Gasteiger partial charge is 0.396 e. The highest BCUT2D eigenvalue weighted by Crippen LogP contribution is 2.40. The topological polar surface area (TPSA) is 80.9 Å². The van der Waals surface area contributed by atoms with Crippen molar-refractivity contribution in [2.75, 3.05) is 6.61 Å². The molecule has 0 fully saturated rings. The van der Waals surface area contributed by atoms with E-state index in [1.807, 2.05) is 20.8 Å². The van der Waals surface area contributed by atoms with E-state index in [0.29, 0.717) is 32.1 Å². The molecule has 0 heterocycles. The van der Waals surface area contributed by atoms with Gasteiger partial charge in [0.05, 0.1) is 18.3 Å². The Morgan fingerprint density at radius 1 is 0.889 bits per heavy atom. The van der Waals surface area contributed by atoms with Gasteiger partial charge < -0.3 is 20.4 Å². The van der Waals surface area contributed by atoms with Gasteiger partial charge in [-0.3, -0.25) is 0 Å². The lowest BCUT2D eigenvalue weighted by Crippen LogP contribution is -2.53. The molecular weight excluding hydrogens is 232 g/mol. The van der Waals surface area contributed by atoms with Gasteiger partial charge in [0.1, 0.15) is 0 Å². The van der Waals surface area contributed by atoms with Gasteiger partial charge in [-0.25, -0.2) is 0 Å². The molecule has 0 bridgehead atoms. The van der Waals surface area contributed by atoms with E-state index in [1.54, 1.807) is 0 Å². The van der Waals surface area contributed by atoms with Gasteiger partial charge in [0.25, 0.3) is 0 Å². The second kappa shape index (κ2) is 8.86. The summed E-state index contributed by atoms with van der Waals surface area (Å²) in [5.41, 5.74) is -0.914. The van der Waals surface area contributed by atoms with Crippen molar-refractivity contribution >= 4 is 0 Å². The standard InChI is InChI=1S/C14H30O4/c1-4-8-13(18)14(9-7-10-15,11(16)5-2)12(17)6-3/h11-13,15-18H,4-10H2,1-3H3. The van der Waals surface area contributed by atoms with Crippen LogP contribution >= 0.6 is 0 Å². The van der Waals surface area contributed by atoms with Crippen LogP contribution in [0.4, 0.5) is 0 Å². The van der Waals surface area contributed by atoms with Crippen LogP contribution in [0.25, 0.3) is 0 Å². The molecule has 4 heteroatoms. The molecule has 0 aromatic carbocycles. The van der Waals surface area contributed by atoms with Gasteiger partial charge in [0, 0.05) is 12.0 Å². The lowest BCUT2D eigenvalue weighted by Gasteiger charge is -2.45. The smallest absolute Gasteiger partial charge is 0.0646 e. The third-order valence-electron chi connectivity index (χ3n) is 3.96. The van der Waals surface area contributed by atoms with Crippen molar-refractivity contribution in [3.8, 4) is 0 Å². The second-order valence-electron chi connectivity index (χ2n) is 5.09. The summed E-state index contributed by atoms with van der Waals surface area (Å²) in [7, 11) is 0. The fraction of sp³-hybridized carbons (Fsp3) is 1.00. The van der Waals surface area contributed by atoms with Crippen LogP contribution in [0.15, 0.2) is 0 Å².